The number of hydrogen-bond acceptors (Lipinski definition) is 5. The fourth-order valence-electron chi connectivity index (χ4n) is 3.96. The number of fused-ring (bicyclic) bond motifs is 3. The van der Waals surface area contributed by atoms with Gasteiger partial charge < -0.3 is 19.9 Å². The van der Waals surface area contributed by atoms with Crippen LogP contribution in [0.15, 0.2) is 78.1 Å². The Balaban J connectivity index is 1.37. The molecule has 6 aromatic rings. The number of rotatable bonds is 4. The van der Waals surface area contributed by atoms with Crippen LogP contribution in [-0.4, -0.2) is 29.5 Å². The third-order valence-electron chi connectivity index (χ3n) is 5.39. The van der Waals surface area contributed by atoms with E-state index in [4.69, 9.17) is 0 Å². The van der Waals surface area contributed by atoms with Crippen molar-refractivity contribution in [1.29, 1.82) is 0 Å². The van der Waals surface area contributed by atoms with Gasteiger partial charge in [-0.15, -0.1) is 0 Å². The molecule has 0 unspecified atom stereocenters. The summed E-state index contributed by atoms with van der Waals surface area (Å²) in [6.45, 7) is 0.658. The lowest BCUT2D eigenvalue weighted by molar-refractivity contribution is 0.827. The van der Waals surface area contributed by atoms with Crippen LogP contribution in [-0.2, 0) is 6.54 Å². The lowest BCUT2D eigenvalue weighted by Gasteiger charge is -2.09. The number of aromatic amines is 2. The maximum Gasteiger partial charge on any atom is 0.323 e. The summed E-state index contributed by atoms with van der Waals surface area (Å²) in [7, 11) is 0. The molecule has 150 valence electrons. The van der Waals surface area contributed by atoms with Gasteiger partial charge in [0.1, 0.15) is 17.8 Å². The summed E-state index contributed by atoms with van der Waals surface area (Å²) in [5.74, 6) is 0.706. The Bertz CT molecular complexity index is 1620. The van der Waals surface area contributed by atoms with E-state index >= 15 is 0 Å². The summed E-state index contributed by atoms with van der Waals surface area (Å²) in [6.07, 6.45) is 5.39. The second kappa shape index (κ2) is 6.81. The van der Waals surface area contributed by atoms with Gasteiger partial charge in [-0.3, -0.25) is 4.98 Å². The topological polar surface area (TPSA) is 104 Å². The second-order valence-corrected chi connectivity index (χ2v) is 7.36. The van der Waals surface area contributed by atoms with E-state index in [1.165, 1.54) is 0 Å². The van der Waals surface area contributed by atoms with Gasteiger partial charge in [0.25, 0.3) is 0 Å². The lowest BCUT2D eigenvalue weighted by Crippen LogP contribution is -2.02. The molecule has 31 heavy (non-hydrogen) atoms. The summed E-state index contributed by atoms with van der Waals surface area (Å²) in [5.41, 5.74) is 5.06. The van der Waals surface area contributed by atoms with Crippen molar-refractivity contribution in [1.82, 2.24) is 29.5 Å². The van der Waals surface area contributed by atoms with Crippen LogP contribution >= 0.6 is 0 Å². The van der Waals surface area contributed by atoms with E-state index in [-0.39, 0.29) is 5.69 Å². The minimum absolute atomic E-state index is 0.225. The number of H-pyrrole nitrogens is 2. The zero-order valence-electron chi connectivity index (χ0n) is 16.3. The SMILES string of the molecule is O=c1[nH]c2ccc(Nc3ncnc4c3ccn4Cc3cccc4cccnc34)cc2[nH]1. The van der Waals surface area contributed by atoms with Gasteiger partial charge in [-0.25, -0.2) is 14.8 Å². The molecule has 3 N–H and O–H groups in total. The van der Waals surface area contributed by atoms with E-state index < -0.39 is 0 Å². The summed E-state index contributed by atoms with van der Waals surface area (Å²) in [4.78, 5) is 30.5. The molecular formula is C23H17N7O. The minimum Gasteiger partial charge on any atom is -0.340 e. The third kappa shape index (κ3) is 3.01. The molecular weight excluding hydrogens is 390 g/mol. The van der Waals surface area contributed by atoms with Gasteiger partial charge in [-0.05, 0) is 35.9 Å². The standard InChI is InChI=1S/C23H17N7O/c31-23-28-18-7-6-16(11-19(18)29-23)27-21-17-8-10-30(22(17)26-13-25-21)12-15-4-1-3-14-5-2-9-24-20(14)15/h1-11,13H,12H2,(H,25,26,27)(H2,28,29,31). The van der Waals surface area contributed by atoms with Gasteiger partial charge in [-0.2, -0.15) is 0 Å². The smallest absolute Gasteiger partial charge is 0.323 e. The Morgan fingerprint density at radius 2 is 1.84 bits per heavy atom. The van der Waals surface area contributed by atoms with Crippen LogP contribution < -0.4 is 11.0 Å². The fourth-order valence-corrected chi connectivity index (χ4v) is 3.96. The number of nitrogens with one attached hydrogen (secondary N) is 3. The number of imidazole rings is 1. The van der Waals surface area contributed by atoms with E-state index in [2.05, 4.69) is 59.1 Å². The summed E-state index contributed by atoms with van der Waals surface area (Å²) in [5, 5.41) is 5.37. The van der Waals surface area contributed by atoms with E-state index in [0.717, 1.165) is 44.2 Å². The van der Waals surface area contributed by atoms with Gasteiger partial charge in [0.05, 0.1) is 28.5 Å². The first kappa shape index (κ1) is 17.4. The molecule has 0 saturated carbocycles. The molecule has 2 aromatic carbocycles. The number of para-hydroxylation sites is 1. The molecule has 4 aromatic heterocycles. The highest BCUT2D eigenvalue weighted by Crippen LogP contribution is 2.26. The molecule has 0 radical (unpaired) electrons. The van der Waals surface area contributed by atoms with Gasteiger partial charge in [0.15, 0.2) is 0 Å². The van der Waals surface area contributed by atoms with Gasteiger partial charge in [0, 0.05) is 23.5 Å². The Labute approximate surface area is 175 Å². The molecule has 8 nitrogen and oxygen atoms in total. The number of hydrogen-bond donors (Lipinski definition) is 3. The van der Waals surface area contributed by atoms with Crippen LogP contribution in [0.4, 0.5) is 11.5 Å². The predicted octanol–water partition coefficient (Wildman–Crippen LogP) is 3.94. The Morgan fingerprint density at radius 1 is 0.935 bits per heavy atom. The highest BCUT2D eigenvalue weighted by molar-refractivity contribution is 5.90. The average Bonchev–Trinajstić information content (AvgIpc) is 3.37. The molecule has 0 aliphatic rings. The monoisotopic (exact) mass is 407 g/mol. The molecule has 8 heteroatoms. The van der Waals surface area contributed by atoms with Gasteiger partial charge >= 0.3 is 5.69 Å². The predicted molar refractivity (Wildman–Crippen MR) is 121 cm³/mol. The van der Waals surface area contributed by atoms with Crippen LogP contribution in [0.2, 0.25) is 0 Å². The van der Waals surface area contributed by atoms with Crippen LogP contribution in [0.1, 0.15) is 5.56 Å². The first-order valence-corrected chi connectivity index (χ1v) is 9.86. The van der Waals surface area contributed by atoms with Crippen LogP contribution in [0.5, 0.6) is 0 Å². The summed E-state index contributed by atoms with van der Waals surface area (Å²) < 4.78 is 2.10. The minimum atomic E-state index is -0.225. The molecule has 0 saturated heterocycles. The largest absolute Gasteiger partial charge is 0.340 e. The molecule has 0 aliphatic carbocycles. The normalized spacial score (nSPS) is 11.5. The van der Waals surface area contributed by atoms with E-state index in [9.17, 15) is 4.79 Å². The number of aromatic nitrogens is 6. The maximum atomic E-state index is 11.5. The Hall–Kier alpha value is -4.46. The van der Waals surface area contributed by atoms with Crippen LogP contribution in [0, 0.1) is 0 Å². The highest BCUT2D eigenvalue weighted by Gasteiger charge is 2.11. The van der Waals surface area contributed by atoms with E-state index in [1.54, 1.807) is 6.33 Å². The zero-order chi connectivity index (χ0) is 20.8. The number of pyridine rings is 1. The van der Waals surface area contributed by atoms with Crippen molar-refractivity contribution in [2.75, 3.05) is 5.32 Å². The van der Waals surface area contributed by atoms with Crippen LogP contribution in [0.3, 0.4) is 0 Å². The zero-order valence-corrected chi connectivity index (χ0v) is 16.3. The first-order valence-electron chi connectivity index (χ1n) is 9.86. The fraction of sp³-hybridized carbons (Fsp3) is 0.0435. The molecule has 4 heterocycles. The van der Waals surface area contributed by atoms with Gasteiger partial charge in [0.2, 0.25) is 0 Å². The molecule has 0 atom stereocenters. The third-order valence-corrected chi connectivity index (χ3v) is 5.39. The van der Waals surface area contributed by atoms with E-state index in [0.29, 0.717) is 12.4 Å². The van der Waals surface area contributed by atoms with Crippen molar-refractivity contribution in [3.05, 3.63) is 89.4 Å². The Morgan fingerprint density at radius 3 is 2.81 bits per heavy atom. The second-order valence-electron chi connectivity index (χ2n) is 7.36. The van der Waals surface area contributed by atoms with Gasteiger partial charge in [-0.1, -0.05) is 24.3 Å². The number of nitrogens with zero attached hydrogens (tertiary/aromatic N) is 4. The quantitative estimate of drug-likeness (QED) is 0.411. The van der Waals surface area contributed by atoms with Crippen molar-refractivity contribution in [3.63, 3.8) is 0 Å². The summed E-state index contributed by atoms with van der Waals surface area (Å²) in [6, 6.07) is 17.9. The van der Waals surface area contributed by atoms with Crippen molar-refractivity contribution in [2.45, 2.75) is 6.54 Å². The molecule has 6 rings (SSSR count). The average molecular weight is 407 g/mol. The molecule has 0 amide bonds. The van der Waals surface area contributed by atoms with Crippen molar-refractivity contribution < 1.29 is 0 Å². The Kier molecular flexibility index (Phi) is 3.82. The highest BCUT2D eigenvalue weighted by atomic mass is 16.1. The first-order chi connectivity index (χ1) is 15.2. The lowest BCUT2D eigenvalue weighted by atomic mass is 10.1. The molecule has 0 aliphatic heterocycles. The molecule has 0 spiro atoms. The number of anilines is 2. The summed E-state index contributed by atoms with van der Waals surface area (Å²) >= 11 is 0. The van der Waals surface area contributed by atoms with Crippen molar-refractivity contribution in [2.24, 2.45) is 0 Å². The van der Waals surface area contributed by atoms with Crippen molar-refractivity contribution in [3.8, 4) is 0 Å². The molecule has 0 bridgehead atoms. The van der Waals surface area contributed by atoms with Crippen LogP contribution in [0.25, 0.3) is 33.0 Å². The molecule has 0 fully saturated rings. The van der Waals surface area contributed by atoms with Crippen molar-refractivity contribution >= 4 is 44.5 Å². The van der Waals surface area contributed by atoms with E-state index in [1.807, 2.05) is 42.7 Å². The maximum absolute atomic E-state index is 11.5. The number of benzene rings is 2.